The van der Waals surface area contributed by atoms with Gasteiger partial charge < -0.3 is 14.9 Å². The Morgan fingerprint density at radius 1 is 1.23 bits per heavy atom. The minimum atomic E-state index is -0.545. The number of rotatable bonds is 5. The van der Waals surface area contributed by atoms with Crippen molar-refractivity contribution in [2.45, 2.75) is 32.0 Å². The van der Waals surface area contributed by atoms with Gasteiger partial charge in [-0.25, -0.2) is 0 Å². The Morgan fingerprint density at radius 2 is 1.85 bits per heavy atom. The summed E-state index contributed by atoms with van der Waals surface area (Å²) in [5, 5.41) is 18.8. The fourth-order valence-corrected chi connectivity index (χ4v) is 1.38. The highest BCUT2D eigenvalue weighted by Crippen LogP contribution is 2.19. The quantitative estimate of drug-likeness (QED) is 0.491. The first kappa shape index (κ1) is 10.7. The predicted molar refractivity (Wildman–Crippen MR) is 50.4 cm³/mol. The van der Waals surface area contributed by atoms with Crippen molar-refractivity contribution < 1.29 is 14.9 Å². The molecule has 0 bridgehead atoms. The lowest BCUT2D eigenvalue weighted by Gasteiger charge is -2.18. The average Bonchev–Trinajstić information content (AvgIpc) is 2.42. The van der Waals surface area contributed by atoms with Crippen molar-refractivity contribution in [1.29, 1.82) is 0 Å². The van der Waals surface area contributed by atoms with Crippen molar-refractivity contribution in [2.75, 3.05) is 13.2 Å². The first-order valence-corrected chi connectivity index (χ1v) is 4.88. The van der Waals surface area contributed by atoms with Crippen LogP contribution in [-0.4, -0.2) is 35.6 Å². The third-order valence-corrected chi connectivity index (χ3v) is 2.34. The van der Waals surface area contributed by atoms with Crippen molar-refractivity contribution >= 4 is 0 Å². The Bertz CT molecular complexity index is 156. The van der Waals surface area contributed by atoms with Crippen molar-refractivity contribution in [3.05, 3.63) is 12.2 Å². The van der Waals surface area contributed by atoms with Gasteiger partial charge in [0.2, 0.25) is 0 Å². The minimum Gasteiger partial charge on any atom is -0.389 e. The molecule has 1 aliphatic carbocycles. The van der Waals surface area contributed by atoms with Gasteiger partial charge in [0.25, 0.3) is 0 Å². The summed E-state index contributed by atoms with van der Waals surface area (Å²) in [7, 11) is 0. The fraction of sp³-hybridized carbons (Fsp3) is 0.800. The van der Waals surface area contributed by atoms with Crippen LogP contribution in [0.1, 0.15) is 19.8 Å². The van der Waals surface area contributed by atoms with E-state index in [1.165, 1.54) is 0 Å². The van der Waals surface area contributed by atoms with E-state index in [9.17, 15) is 10.2 Å². The molecule has 0 saturated heterocycles. The summed E-state index contributed by atoms with van der Waals surface area (Å²) < 4.78 is 5.34. The second kappa shape index (κ2) is 5.37. The zero-order valence-electron chi connectivity index (χ0n) is 8.02. The summed E-state index contributed by atoms with van der Waals surface area (Å²) in [4.78, 5) is 0. The molecule has 3 heteroatoms. The SMILES string of the molecule is CCCCOC[C@H]1[C@H](O)C=C[C@@H]1O. The van der Waals surface area contributed by atoms with Crippen molar-refractivity contribution in [2.24, 2.45) is 5.92 Å². The normalized spacial score (nSPS) is 32.7. The summed E-state index contributed by atoms with van der Waals surface area (Å²) in [5.74, 6) is -0.170. The predicted octanol–water partition coefficient (Wildman–Crippen LogP) is 0.711. The third kappa shape index (κ3) is 3.10. The van der Waals surface area contributed by atoms with E-state index < -0.39 is 12.2 Å². The molecule has 0 amide bonds. The number of aliphatic hydroxyl groups excluding tert-OH is 2. The van der Waals surface area contributed by atoms with Gasteiger partial charge in [-0.3, -0.25) is 0 Å². The molecule has 3 nitrogen and oxygen atoms in total. The number of hydrogen-bond donors (Lipinski definition) is 2. The number of unbranched alkanes of at least 4 members (excludes halogenated alkanes) is 1. The lowest BCUT2D eigenvalue weighted by molar-refractivity contribution is 0.00622. The van der Waals surface area contributed by atoms with E-state index in [1.807, 2.05) is 0 Å². The molecular formula is C10H18O3. The largest absolute Gasteiger partial charge is 0.389 e. The molecule has 0 radical (unpaired) electrons. The van der Waals surface area contributed by atoms with Crippen LogP contribution in [0.25, 0.3) is 0 Å². The Labute approximate surface area is 79.0 Å². The average molecular weight is 186 g/mol. The molecule has 0 saturated carbocycles. The zero-order chi connectivity index (χ0) is 9.68. The first-order chi connectivity index (χ1) is 6.25. The van der Waals surface area contributed by atoms with Gasteiger partial charge in [0.15, 0.2) is 0 Å². The molecule has 0 aromatic rings. The molecule has 0 heterocycles. The van der Waals surface area contributed by atoms with Crippen LogP contribution in [0.4, 0.5) is 0 Å². The monoisotopic (exact) mass is 186 g/mol. The van der Waals surface area contributed by atoms with Gasteiger partial charge in [0.05, 0.1) is 18.8 Å². The van der Waals surface area contributed by atoms with Crippen LogP contribution in [0.5, 0.6) is 0 Å². The summed E-state index contributed by atoms with van der Waals surface area (Å²) in [5.41, 5.74) is 0. The van der Waals surface area contributed by atoms with Crippen LogP contribution in [-0.2, 0) is 4.74 Å². The van der Waals surface area contributed by atoms with Gasteiger partial charge in [-0.2, -0.15) is 0 Å². The second-order valence-electron chi connectivity index (χ2n) is 3.46. The fourth-order valence-electron chi connectivity index (χ4n) is 1.38. The van der Waals surface area contributed by atoms with Gasteiger partial charge in [-0.05, 0) is 6.42 Å². The summed E-state index contributed by atoms with van der Waals surface area (Å²) >= 11 is 0. The lowest BCUT2D eigenvalue weighted by atomic mass is 10.0. The van der Waals surface area contributed by atoms with E-state index in [0.29, 0.717) is 13.2 Å². The third-order valence-electron chi connectivity index (χ3n) is 2.34. The standard InChI is InChI=1S/C10H18O3/c1-2-3-6-13-7-8-9(11)4-5-10(8)12/h4-5,8-12H,2-3,6-7H2,1H3/t8-,9+,10-. The molecule has 0 aromatic carbocycles. The molecule has 0 aromatic heterocycles. The zero-order valence-corrected chi connectivity index (χ0v) is 8.02. The highest BCUT2D eigenvalue weighted by Gasteiger charge is 2.28. The molecule has 13 heavy (non-hydrogen) atoms. The van der Waals surface area contributed by atoms with Crippen LogP contribution in [0.3, 0.4) is 0 Å². The smallest absolute Gasteiger partial charge is 0.0800 e. The van der Waals surface area contributed by atoms with Crippen LogP contribution in [0.15, 0.2) is 12.2 Å². The Kier molecular flexibility index (Phi) is 4.42. The van der Waals surface area contributed by atoms with Gasteiger partial charge in [0.1, 0.15) is 0 Å². The summed E-state index contributed by atoms with van der Waals surface area (Å²) in [6, 6.07) is 0. The van der Waals surface area contributed by atoms with Gasteiger partial charge in [0, 0.05) is 12.5 Å². The molecule has 1 rings (SSSR count). The van der Waals surface area contributed by atoms with Crippen LogP contribution in [0, 0.1) is 5.92 Å². The lowest BCUT2D eigenvalue weighted by Crippen LogP contribution is -2.28. The van der Waals surface area contributed by atoms with Crippen molar-refractivity contribution in [3.63, 3.8) is 0 Å². The maximum absolute atomic E-state index is 9.39. The molecule has 1 aliphatic rings. The number of hydrogen-bond acceptors (Lipinski definition) is 3. The Balaban J connectivity index is 2.14. The van der Waals surface area contributed by atoms with Crippen LogP contribution in [0.2, 0.25) is 0 Å². The second-order valence-corrected chi connectivity index (χ2v) is 3.46. The van der Waals surface area contributed by atoms with E-state index in [-0.39, 0.29) is 5.92 Å². The van der Waals surface area contributed by atoms with E-state index in [0.717, 1.165) is 12.8 Å². The molecular weight excluding hydrogens is 168 g/mol. The van der Waals surface area contributed by atoms with Gasteiger partial charge >= 0.3 is 0 Å². The maximum Gasteiger partial charge on any atom is 0.0800 e. The summed E-state index contributed by atoms with van der Waals surface area (Å²) in [6.07, 6.45) is 4.30. The highest BCUT2D eigenvalue weighted by molar-refractivity contribution is 5.08. The Morgan fingerprint density at radius 3 is 2.38 bits per heavy atom. The van der Waals surface area contributed by atoms with E-state index >= 15 is 0 Å². The van der Waals surface area contributed by atoms with Gasteiger partial charge in [-0.15, -0.1) is 0 Å². The highest BCUT2D eigenvalue weighted by atomic mass is 16.5. The minimum absolute atomic E-state index is 0.170. The topological polar surface area (TPSA) is 49.7 Å². The maximum atomic E-state index is 9.39. The molecule has 0 aliphatic heterocycles. The molecule has 3 atom stereocenters. The van der Waals surface area contributed by atoms with Gasteiger partial charge in [-0.1, -0.05) is 25.5 Å². The summed E-state index contributed by atoms with van der Waals surface area (Å²) in [6.45, 7) is 3.26. The molecule has 0 unspecified atom stereocenters. The van der Waals surface area contributed by atoms with Crippen LogP contribution >= 0.6 is 0 Å². The molecule has 0 fully saturated rings. The van der Waals surface area contributed by atoms with E-state index in [2.05, 4.69) is 6.92 Å². The van der Waals surface area contributed by atoms with Crippen molar-refractivity contribution in [3.8, 4) is 0 Å². The number of ether oxygens (including phenoxy) is 1. The number of aliphatic hydroxyl groups is 2. The van der Waals surface area contributed by atoms with Crippen LogP contribution < -0.4 is 0 Å². The first-order valence-electron chi connectivity index (χ1n) is 4.88. The van der Waals surface area contributed by atoms with E-state index in [4.69, 9.17) is 4.74 Å². The van der Waals surface area contributed by atoms with Crippen molar-refractivity contribution in [1.82, 2.24) is 0 Å². The Hall–Kier alpha value is -0.380. The molecule has 2 N–H and O–H groups in total. The molecule has 0 spiro atoms. The van der Waals surface area contributed by atoms with E-state index in [1.54, 1.807) is 12.2 Å². The molecule has 76 valence electrons.